The number of hydrogen-bond donors (Lipinski definition) is 0. The first-order chi connectivity index (χ1) is 11.3. The van der Waals surface area contributed by atoms with Crippen molar-refractivity contribution in [3.05, 3.63) is 84.3 Å². The van der Waals surface area contributed by atoms with Crippen LogP contribution in [0.1, 0.15) is 0 Å². The van der Waals surface area contributed by atoms with E-state index in [0.717, 1.165) is 22.4 Å². The molecule has 3 aromatic carbocycles. The summed E-state index contributed by atoms with van der Waals surface area (Å²) in [6.07, 6.45) is 1.80. The Hall–Kier alpha value is -2.71. The van der Waals surface area contributed by atoms with Gasteiger partial charge in [0.15, 0.2) is 0 Å². The quantitative estimate of drug-likeness (QED) is 0.449. The molecular formula is C20H13ClN2. The molecule has 23 heavy (non-hydrogen) atoms. The van der Waals surface area contributed by atoms with Crippen molar-refractivity contribution in [1.82, 2.24) is 9.97 Å². The van der Waals surface area contributed by atoms with Crippen LogP contribution in [0.2, 0.25) is 5.28 Å². The van der Waals surface area contributed by atoms with Gasteiger partial charge in [0.05, 0.1) is 5.69 Å². The molecule has 0 saturated heterocycles. The zero-order valence-electron chi connectivity index (χ0n) is 12.3. The minimum absolute atomic E-state index is 0.257. The number of benzene rings is 3. The molecule has 0 aliphatic carbocycles. The highest BCUT2D eigenvalue weighted by atomic mass is 35.5. The first-order valence-corrected chi connectivity index (χ1v) is 7.77. The number of rotatable bonds is 2. The minimum Gasteiger partial charge on any atom is -0.226 e. The van der Waals surface area contributed by atoms with E-state index in [1.165, 1.54) is 10.8 Å². The van der Waals surface area contributed by atoms with Crippen molar-refractivity contribution in [1.29, 1.82) is 0 Å². The molecule has 2 nitrogen and oxygen atoms in total. The Balaban J connectivity index is 2.02. The Kier molecular flexibility index (Phi) is 3.52. The standard InChI is InChI=1S/C20H13ClN2/c21-20-22-13-18(19(23-20)15-8-2-1-3-9-15)17-12-6-10-14-7-4-5-11-16(14)17/h1-13H. The Morgan fingerprint density at radius 1 is 0.696 bits per heavy atom. The summed E-state index contributed by atoms with van der Waals surface area (Å²) < 4.78 is 0. The second-order valence-corrected chi connectivity index (χ2v) is 5.63. The van der Waals surface area contributed by atoms with Crippen LogP contribution < -0.4 is 0 Å². The summed E-state index contributed by atoms with van der Waals surface area (Å²) >= 11 is 6.05. The molecule has 0 aliphatic heterocycles. The molecule has 0 unspecified atom stereocenters. The number of nitrogens with zero attached hydrogens (tertiary/aromatic N) is 2. The fourth-order valence-corrected chi connectivity index (χ4v) is 2.97. The van der Waals surface area contributed by atoms with Crippen molar-refractivity contribution in [3.8, 4) is 22.4 Å². The second kappa shape index (κ2) is 5.82. The lowest BCUT2D eigenvalue weighted by Gasteiger charge is -2.11. The fraction of sp³-hybridized carbons (Fsp3) is 0. The van der Waals surface area contributed by atoms with Gasteiger partial charge in [-0.15, -0.1) is 0 Å². The van der Waals surface area contributed by atoms with Gasteiger partial charge in [0.1, 0.15) is 0 Å². The molecule has 0 amide bonds. The first-order valence-electron chi connectivity index (χ1n) is 7.39. The Morgan fingerprint density at radius 2 is 1.43 bits per heavy atom. The monoisotopic (exact) mass is 316 g/mol. The van der Waals surface area contributed by atoms with Crippen molar-refractivity contribution in [2.24, 2.45) is 0 Å². The predicted octanol–water partition coefficient (Wildman–Crippen LogP) is 5.62. The third-order valence-electron chi connectivity index (χ3n) is 3.89. The van der Waals surface area contributed by atoms with Crippen LogP contribution in [0, 0.1) is 0 Å². The summed E-state index contributed by atoms with van der Waals surface area (Å²) in [5.74, 6) is 0. The van der Waals surface area contributed by atoms with Gasteiger partial charge in [0.25, 0.3) is 0 Å². The number of hydrogen-bond acceptors (Lipinski definition) is 2. The van der Waals surface area contributed by atoms with Crippen molar-refractivity contribution in [2.75, 3.05) is 0 Å². The van der Waals surface area contributed by atoms with Crippen LogP contribution in [0.3, 0.4) is 0 Å². The molecule has 4 aromatic rings. The van der Waals surface area contributed by atoms with Gasteiger partial charge in [0, 0.05) is 17.3 Å². The number of aromatic nitrogens is 2. The average Bonchev–Trinajstić information content (AvgIpc) is 2.62. The zero-order valence-corrected chi connectivity index (χ0v) is 13.0. The zero-order chi connectivity index (χ0) is 15.6. The molecule has 3 heteroatoms. The molecule has 0 radical (unpaired) electrons. The topological polar surface area (TPSA) is 25.8 Å². The molecule has 0 atom stereocenters. The van der Waals surface area contributed by atoms with Crippen LogP contribution >= 0.6 is 11.6 Å². The Labute approximate surface area is 139 Å². The minimum atomic E-state index is 0.257. The lowest BCUT2D eigenvalue weighted by atomic mass is 9.96. The molecule has 4 rings (SSSR count). The van der Waals surface area contributed by atoms with E-state index >= 15 is 0 Å². The summed E-state index contributed by atoms with van der Waals surface area (Å²) in [5, 5.41) is 2.63. The van der Waals surface area contributed by atoms with E-state index in [9.17, 15) is 0 Å². The molecule has 0 spiro atoms. The number of fused-ring (bicyclic) bond motifs is 1. The molecule has 110 valence electrons. The highest BCUT2D eigenvalue weighted by molar-refractivity contribution is 6.28. The summed E-state index contributed by atoms with van der Waals surface area (Å²) in [6.45, 7) is 0. The summed E-state index contributed by atoms with van der Waals surface area (Å²) in [5.41, 5.74) is 3.97. The van der Waals surface area contributed by atoms with Crippen molar-refractivity contribution >= 4 is 22.4 Å². The van der Waals surface area contributed by atoms with Crippen molar-refractivity contribution in [3.63, 3.8) is 0 Å². The van der Waals surface area contributed by atoms with E-state index in [1.54, 1.807) is 6.20 Å². The van der Waals surface area contributed by atoms with E-state index < -0.39 is 0 Å². The van der Waals surface area contributed by atoms with Crippen LogP contribution in [0.25, 0.3) is 33.2 Å². The lowest BCUT2D eigenvalue weighted by molar-refractivity contribution is 1.18. The van der Waals surface area contributed by atoms with Crippen molar-refractivity contribution < 1.29 is 0 Å². The van der Waals surface area contributed by atoms with Crippen LogP contribution in [0.4, 0.5) is 0 Å². The summed E-state index contributed by atoms with van der Waals surface area (Å²) in [7, 11) is 0. The summed E-state index contributed by atoms with van der Waals surface area (Å²) in [4.78, 5) is 8.68. The SMILES string of the molecule is Clc1ncc(-c2cccc3ccccc23)c(-c2ccccc2)n1. The van der Waals surface area contributed by atoms with Gasteiger partial charge in [-0.1, -0.05) is 72.8 Å². The maximum Gasteiger partial charge on any atom is 0.222 e. The van der Waals surface area contributed by atoms with Gasteiger partial charge in [-0.25, -0.2) is 9.97 Å². The van der Waals surface area contributed by atoms with Gasteiger partial charge in [-0.3, -0.25) is 0 Å². The van der Waals surface area contributed by atoms with E-state index in [1.807, 2.05) is 42.5 Å². The average molecular weight is 317 g/mol. The predicted molar refractivity (Wildman–Crippen MR) is 95.4 cm³/mol. The molecular weight excluding hydrogens is 304 g/mol. The largest absolute Gasteiger partial charge is 0.226 e. The van der Waals surface area contributed by atoms with Crippen LogP contribution in [0.15, 0.2) is 79.0 Å². The van der Waals surface area contributed by atoms with Crippen LogP contribution in [-0.2, 0) is 0 Å². The van der Waals surface area contributed by atoms with Gasteiger partial charge < -0.3 is 0 Å². The van der Waals surface area contributed by atoms with Crippen molar-refractivity contribution in [2.45, 2.75) is 0 Å². The molecule has 1 aromatic heterocycles. The van der Waals surface area contributed by atoms with Gasteiger partial charge in [-0.2, -0.15) is 0 Å². The van der Waals surface area contributed by atoms with E-state index in [4.69, 9.17) is 11.6 Å². The molecule has 0 aliphatic rings. The van der Waals surface area contributed by atoms with Crippen LogP contribution in [0.5, 0.6) is 0 Å². The maximum absolute atomic E-state index is 6.05. The molecule has 0 saturated carbocycles. The second-order valence-electron chi connectivity index (χ2n) is 5.29. The van der Waals surface area contributed by atoms with E-state index in [-0.39, 0.29) is 5.28 Å². The third-order valence-corrected chi connectivity index (χ3v) is 4.07. The van der Waals surface area contributed by atoms with E-state index in [0.29, 0.717) is 0 Å². The highest BCUT2D eigenvalue weighted by Crippen LogP contribution is 2.34. The number of halogens is 1. The Bertz CT molecular complexity index is 976. The van der Waals surface area contributed by atoms with Crippen LogP contribution in [-0.4, -0.2) is 9.97 Å². The highest BCUT2D eigenvalue weighted by Gasteiger charge is 2.13. The molecule has 1 heterocycles. The van der Waals surface area contributed by atoms with Gasteiger partial charge >= 0.3 is 0 Å². The fourth-order valence-electron chi connectivity index (χ4n) is 2.83. The molecule has 0 fully saturated rings. The summed E-state index contributed by atoms with van der Waals surface area (Å²) in [6, 6.07) is 24.6. The van der Waals surface area contributed by atoms with Gasteiger partial charge in [0.2, 0.25) is 5.28 Å². The Morgan fingerprint density at radius 3 is 2.30 bits per heavy atom. The smallest absolute Gasteiger partial charge is 0.222 e. The maximum atomic E-state index is 6.05. The van der Waals surface area contributed by atoms with Gasteiger partial charge in [-0.05, 0) is 27.9 Å². The molecule has 0 bridgehead atoms. The first kappa shape index (κ1) is 13.9. The molecule has 0 N–H and O–H groups in total. The normalized spacial score (nSPS) is 10.8. The lowest BCUT2D eigenvalue weighted by Crippen LogP contribution is -1.93. The third kappa shape index (κ3) is 2.58. The van der Waals surface area contributed by atoms with E-state index in [2.05, 4.69) is 40.3 Å².